The Bertz CT molecular complexity index is 961. The number of amides is 2. The monoisotopic (exact) mass is 394 g/mol. The molecular formula is C22H26N4O3. The number of rotatable bonds is 7. The molecule has 7 nitrogen and oxygen atoms in total. The smallest absolute Gasteiger partial charge is 0.318 e. The summed E-state index contributed by atoms with van der Waals surface area (Å²) in [6, 6.07) is 11.2. The number of benzene rings is 1. The van der Waals surface area contributed by atoms with Crippen LogP contribution >= 0.6 is 0 Å². The molecule has 0 atom stereocenters. The molecule has 0 aliphatic heterocycles. The van der Waals surface area contributed by atoms with E-state index in [-0.39, 0.29) is 6.03 Å². The van der Waals surface area contributed by atoms with Gasteiger partial charge >= 0.3 is 6.03 Å². The number of nitrogens with zero attached hydrogens (tertiary/aromatic N) is 3. The molecule has 1 aliphatic carbocycles. The van der Waals surface area contributed by atoms with Crippen LogP contribution < -0.4 is 10.1 Å². The van der Waals surface area contributed by atoms with Crippen LogP contribution in [0.1, 0.15) is 34.7 Å². The van der Waals surface area contributed by atoms with Gasteiger partial charge in [0, 0.05) is 19.3 Å². The molecule has 3 aromatic rings. The molecule has 1 N–H and O–H groups in total. The molecular weight excluding hydrogens is 368 g/mol. The third-order valence-electron chi connectivity index (χ3n) is 5.36. The minimum Gasteiger partial charge on any atom is -0.497 e. The molecule has 7 heteroatoms. The molecule has 4 rings (SSSR count). The van der Waals surface area contributed by atoms with E-state index in [1.807, 2.05) is 48.1 Å². The second-order valence-electron chi connectivity index (χ2n) is 7.29. The Morgan fingerprint density at radius 3 is 2.79 bits per heavy atom. The molecule has 2 aromatic heterocycles. The lowest BCUT2D eigenvalue weighted by Crippen LogP contribution is -2.39. The van der Waals surface area contributed by atoms with E-state index in [2.05, 4.69) is 10.4 Å². The molecule has 0 saturated heterocycles. The van der Waals surface area contributed by atoms with Gasteiger partial charge in [-0.2, -0.15) is 5.10 Å². The molecule has 0 bridgehead atoms. The Labute approximate surface area is 170 Å². The van der Waals surface area contributed by atoms with Crippen molar-refractivity contribution >= 4 is 6.03 Å². The minimum atomic E-state index is -0.144. The van der Waals surface area contributed by atoms with E-state index in [4.69, 9.17) is 9.15 Å². The van der Waals surface area contributed by atoms with Gasteiger partial charge in [-0.15, -0.1) is 0 Å². The van der Waals surface area contributed by atoms with Gasteiger partial charge in [-0.05, 0) is 54.7 Å². The van der Waals surface area contributed by atoms with Crippen LogP contribution in [0.5, 0.6) is 5.75 Å². The molecule has 29 heavy (non-hydrogen) atoms. The van der Waals surface area contributed by atoms with Crippen molar-refractivity contribution in [2.75, 3.05) is 7.11 Å². The van der Waals surface area contributed by atoms with Crippen LogP contribution in [0.2, 0.25) is 0 Å². The van der Waals surface area contributed by atoms with E-state index in [0.29, 0.717) is 19.6 Å². The second-order valence-corrected chi connectivity index (χ2v) is 7.29. The summed E-state index contributed by atoms with van der Waals surface area (Å²) >= 11 is 0. The van der Waals surface area contributed by atoms with E-state index in [1.54, 1.807) is 18.3 Å². The van der Waals surface area contributed by atoms with E-state index < -0.39 is 0 Å². The van der Waals surface area contributed by atoms with Crippen molar-refractivity contribution in [1.82, 2.24) is 20.0 Å². The van der Waals surface area contributed by atoms with Crippen molar-refractivity contribution in [3.8, 4) is 5.75 Å². The van der Waals surface area contributed by atoms with Crippen molar-refractivity contribution in [2.24, 2.45) is 7.05 Å². The highest BCUT2D eigenvalue weighted by atomic mass is 16.5. The van der Waals surface area contributed by atoms with Gasteiger partial charge in [-0.3, -0.25) is 4.68 Å². The van der Waals surface area contributed by atoms with Gasteiger partial charge in [-0.25, -0.2) is 4.79 Å². The van der Waals surface area contributed by atoms with Crippen LogP contribution in [0, 0.1) is 0 Å². The fourth-order valence-electron chi connectivity index (χ4n) is 3.83. The van der Waals surface area contributed by atoms with Crippen LogP contribution in [0.25, 0.3) is 0 Å². The summed E-state index contributed by atoms with van der Waals surface area (Å²) < 4.78 is 12.6. The van der Waals surface area contributed by atoms with Crippen molar-refractivity contribution in [3.63, 3.8) is 0 Å². The maximum atomic E-state index is 13.0. The molecule has 152 valence electrons. The minimum absolute atomic E-state index is 0.144. The average Bonchev–Trinajstić information content (AvgIpc) is 3.47. The summed E-state index contributed by atoms with van der Waals surface area (Å²) in [6.07, 6.45) is 4.86. The molecule has 0 radical (unpaired) electrons. The number of carbonyl (C=O) groups is 1. The first-order valence-electron chi connectivity index (χ1n) is 9.85. The lowest BCUT2D eigenvalue weighted by atomic mass is 10.2. The molecule has 2 amide bonds. The Balaban J connectivity index is 1.47. The van der Waals surface area contributed by atoms with Gasteiger partial charge in [0.05, 0.1) is 32.2 Å². The number of urea groups is 1. The van der Waals surface area contributed by atoms with E-state index in [9.17, 15) is 4.79 Å². The lowest BCUT2D eigenvalue weighted by molar-refractivity contribution is 0.186. The number of ether oxygens (including phenoxy) is 1. The van der Waals surface area contributed by atoms with Crippen LogP contribution in [0.15, 0.2) is 47.1 Å². The first-order valence-corrected chi connectivity index (χ1v) is 9.85. The molecule has 0 fully saturated rings. The van der Waals surface area contributed by atoms with Crippen molar-refractivity contribution in [2.45, 2.75) is 38.9 Å². The van der Waals surface area contributed by atoms with E-state index in [1.165, 1.54) is 11.3 Å². The first-order chi connectivity index (χ1) is 14.1. The third-order valence-corrected chi connectivity index (χ3v) is 5.36. The zero-order valence-electron chi connectivity index (χ0n) is 16.9. The largest absolute Gasteiger partial charge is 0.497 e. The number of methoxy groups -OCH3 is 1. The topological polar surface area (TPSA) is 72.5 Å². The normalized spacial score (nSPS) is 12.6. The zero-order valence-corrected chi connectivity index (χ0v) is 16.9. The standard InChI is InChI=1S/C22H26N4O3/c1-25-21-7-3-6-19(21)20(24-25)15-26(14-18-5-4-12-29-18)22(27)23-13-16-8-10-17(28-2)11-9-16/h4-5,8-12H,3,6-7,13-15H2,1-2H3,(H,23,27). The van der Waals surface area contributed by atoms with Crippen molar-refractivity contribution < 1.29 is 13.9 Å². The summed E-state index contributed by atoms with van der Waals surface area (Å²) in [4.78, 5) is 14.7. The second kappa shape index (κ2) is 8.43. The Morgan fingerprint density at radius 1 is 1.24 bits per heavy atom. The molecule has 1 aromatic carbocycles. The lowest BCUT2D eigenvalue weighted by Gasteiger charge is -2.22. The van der Waals surface area contributed by atoms with Crippen molar-refractivity contribution in [1.29, 1.82) is 0 Å². The number of carbonyl (C=O) groups excluding carboxylic acids is 1. The highest BCUT2D eigenvalue weighted by Crippen LogP contribution is 2.26. The summed E-state index contributed by atoms with van der Waals surface area (Å²) in [6.45, 7) is 1.29. The molecule has 2 heterocycles. The predicted octanol–water partition coefficient (Wildman–Crippen LogP) is 3.42. The van der Waals surface area contributed by atoms with Crippen LogP contribution in [-0.4, -0.2) is 27.8 Å². The Hall–Kier alpha value is -3.22. The molecule has 0 spiro atoms. The van der Waals surface area contributed by atoms with Crippen molar-refractivity contribution in [3.05, 3.63) is 70.9 Å². The number of hydrogen-bond acceptors (Lipinski definition) is 4. The number of fused-ring (bicyclic) bond motifs is 1. The number of nitrogens with one attached hydrogen (secondary N) is 1. The highest BCUT2D eigenvalue weighted by molar-refractivity contribution is 5.74. The zero-order chi connectivity index (χ0) is 20.2. The van der Waals surface area contributed by atoms with Gasteiger partial charge in [0.2, 0.25) is 0 Å². The number of furan rings is 1. The average molecular weight is 394 g/mol. The summed E-state index contributed by atoms with van der Waals surface area (Å²) in [5.41, 5.74) is 4.57. The Kier molecular flexibility index (Phi) is 5.55. The predicted molar refractivity (Wildman–Crippen MR) is 108 cm³/mol. The number of hydrogen-bond donors (Lipinski definition) is 1. The van der Waals surface area contributed by atoms with Crippen LogP contribution in [0.3, 0.4) is 0 Å². The number of aryl methyl sites for hydroxylation is 1. The van der Waals surface area contributed by atoms with Gasteiger partial charge in [0.15, 0.2) is 0 Å². The van der Waals surface area contributed by atoms with Gasteiger partial charge in [0.25, 0.3) is 0 Å². The first kappa shape index (κ1) is 19.1. The summed E-state index contributed by atoms with van der Waals surface area (Å²) in [5.74, 6) is 1.54. The summed E-state index contributed by atoms with van der Waals surface area (Å²) in [7, 11) is 3.62. The fourth-order valence-corrected chi connectivity index (χ4v) is 3.83. The molecule has 0 unspecified atom stereocenters. The SMILES string of the molecule is COc1ccc(CNC(=O)N(Cc2ccco2)Cc2nn(C)c3c2CCC3)cc1. The quantitative estimate of drug-likeness (QED) is 0.666. The van der Waals surface area contributed by atoms with Gasteiger partial charge in [-0.1, -0.05) is 12.1 Å². The maximum absolute atomic E-state index is 13.0. The fraction of sp³-hybridized carbons (Fsp3) is 0.364. The third kappa shape index (κ3) is 4.29. The molecule has 0 saturated carbocycles. The van der Waals surface area contributed by atoms with Gasteiger partial charge in [0.1, 0.15) is 11.5 Å². The van der Waals surface area contributed by atoms with Crippen LogP contribution in [-0.2, 0) is 39.5 Å². The Morgan fingerprint density at radius 2 is 2.07 bits per heavy atom. The van der Waals surface area contributed by atoms with Crippen LogP contribution in [0.4, 0.5) is 4.79 Å². The molecule has 1 aliphatic rings. The van der Waals surface area contributed by atoms with E-state index in [0.717, 1.165) is 42.0 Å². The van der Waals surface area contributed by atoms with E-state index >= 15 is 0 Å². The van der Waals surface area contributed by atoms with Gasteiger partial charge < -0.3 is 19.4 Å². The maximum Gasteiger partial charge on any atom is 0.318 e. The highest BCUT2D eigenvalue weighted by Gasteiger charge is 2.24. The number of aromatic nitrogens is 2. The summed E-state index contributed by atoms with van der Waals surface area (Å²) in [5, 5.41) is 7.69.